The summed E-state index contributed by atoms with van der Waals surface area (Å²) in [6.45, 7) is 4.85. The molecule has 3 aromatic rings. The van der Waals surface area contributed by atoms with Crippen molar-refractivity contribution in [1.82, 2.24) is 10.2 Å². The van der Waals surface area contributed by atoms with E-state index in [1.54, 1.807) is 0 Å². The third kappa shape index (κ3) is 4.07. The van der Waals surface area contributed by atoms with E-state index in [2.05, 4.69) is 35.3 Å². The lowest BCUT2D eigenvalue weighted by Crippen LogP contribution is -2.28. The number of anilines is 1. The highest BCUT2D eigenvalue weighted by Crippen LogP contribution is 2.24. The van der Waals surface area contributed by atoms with Crippen LogP contribution in [0.25, 0.3) is 11.3 Å². The molecular formula is C22H20FN3. The third-order valence-electron chi connectivity index (χ3n) is 4.35. The molecule has 0 amide bonds. The summed E-state index contributed by atoms with van der Waals surface area (Å²) in [7, 11) is 0. The van der Waals surface area contributed by atoms with E-state index in [9.17, 15) is 4.39 Å². The third-order valence-corrected chi connectivity index (χ3v) is 4.35. The second-order valence-corrected chi connectivity index (χ2v) is 6.77. The van der Waals surface area contributed by atoms with Crippen molar-refractivity contribution < 1.29 is 4.39 Å². The largest absolute Gasteiger partial charge is 0.368 e. The minimum Gasteiger partial charge on any atom is -0.368 e. The highest BCUT2D eigenvalue weighted by atomic mass is 19.1. The molecule has 0 radical (unpaired) electrons. The Bertz CT molecular complexity index is 906. The van der Waals surface area contributed by atoms with E-state index in [4.69, 9.17) is 6.42 Å². The van der Waals surface area contributed by atoms with Gasteiger partial charge in [0.05, 0.1) is 5.69 Å². The highest BCUT2D eigenvalue weighted by Gasteiger charge is 2.20. The molecule has 0 spiro atoms. The predicted molar refractivity (Wildman–Crippen MR) is 103 cm³/mol. The SMILES string of the molecule is C#Cc1ccc(-c2ccc(NCC(C)(C)c3ccc(F)cc3)nn2)cc1. The van der Waals surface area contributed by atoms with Gasteiger partial charge < -0.3 is 5.32 Å². The molecule has 0 fully saturated rings. The fraction of sp³-hybridized carbons (Fsp3) is 0.182. The van der Waals surface area contributed by atoms with Gasteiger partial charge in [-0.2, -0.15) is 0 Å². The van der Waals surface area contributed by atoms with Crippen LogP contribution in [0.3, 0.4) is 0 Å². The number of terminal acetylenes is 1. The summed E-state index contributed by atoms with van der Waals surface area (Å²) in [5, 5.41) is 11.8. The lowest BCUT2D eigenvalue weighted by atomic mass is 9.84. The van der Waals surface area contributed by atoms with Crippen molar-refractivity contribution in [3.05, 3.63) is 77.6 Å². The second kappa shape index (κ2) is 7.37. The quantitative estimate of drug-likeness (QED) is 0.684. The van der Waals surface area contributed by atoms with E-state index in [1.165, 1.54) is 12.1 Å². The number of aromatic nitrogens is 2. The molecule has 0 aliphatic rings. The van der Waals surface area contributed by atoms with E-state index in [0.717, 1.165) is 22.4 Å². The standard InChI is InChI=1S/C22H20FN3/c1-4-16-5-7-17(8-6-16)20-13-14-21(26-25-20)24-15-22(2,3)18-9-11-19(23)12-10-18/h1,5-14H,15H2,2-3H3,(H,24,26). The van der Waals surface area contributed by atoms with Gasteiger partial charge in [-0.25, -0.2) is 4.39 Å². The maximum Gasteiger partial charge on any atom is 0.148 e. The van der Waals surface area contributed by atoms with Gasteiger partial charge in [0.25, 0.3) is 0 Å². The Morgan fingerprint density at radius 1 is 0.962 bits per heavy atom. The van der Waals surface area contributed by atoms with E-state index in [-0.39, 0.29) is 11.2 Å². The zero-order chi connectivity index (χ0) is 18.6. The predicted octanol–water partition coefficient (Wildman–Crippen LogP) is 4.65. The molecule has 130 valence electrons. The first-order valence-electron chi connectivity index (χ1n) is 8.39. The fourth-order valence-corrected chi connectivity index (χ4v) is 2.63. The van der Waals surface area contributed by atoms with Crippen molar-refractivity contribution in [1.29, 1.82) is 0 Å². The normalized spacial score (nSPS) is 11.0. The summed E-state index contributed by atoms with van der Waals surface area (Å²) in [5.74, 6) is 3.07. The fourth-order valence-electron chi connectivity index (χ4n) is 2.63. The summed E-state index contributed by atoms with van der Waals surface area (Å²) in [6, 6.07) is 18.0. The molecule has 3 nitrogen and oxygen atoms in total. The lowest BCUT2D eigenvalue weighted by molar-refractivity contribution is 0.552. The van der Waals surface area contributed by atoms with E-state index in [1.807, 2.05) is 48.5 Å². The number of nitrogens with one attached hydrogen (secondary N) is 1. The minimum absolute atomic E-state index is 0.168. The average Bonchev–Trinajstić information content (AvgIpc) is 2.67. The van der Waals surface area contributed by atoms with Crippen LogP contribution in [0.2, 0.25) is 0 Å². The molecule has 0 unspecified atom stereocenters. The van der Waals surface area contributed by atoms with Crippen molar-refractivity contribution in [3.63, 3.8) is 0 Å². The summed E-state index contributed by atoms with van der Waals surface area (Å²) >= 11 is 0. The van der Waals surface area contributed by atoms with Gasteiger partial charge in [-0.05, 0) is 42.0 Å². The Kier molecular flexibility index (Phi) is 4.99. The van der Waals surface area contributed by atoms with Gasteiger partial charge in [0.15, 0.2) is 0 Å². The molecule has 0 aliphatic carbocycles. The molecule has 0 atom stereocenters. The molecular weight excluding hydrogens is 325 g/mol. The van der Waals surface area contributed by atoms with Gasteiger partial charge in [-0.3, -0.25) is 0 Å². The Hall–Kier alpha value is -3.19. The van der Waals surface area contributed by atoms with Gasteiger partial charge in [0.1, 0.15) is 11.6 Å². The first-order valence-corrected chi connectivity index (χ1v) is 8.39. The minimum atomic E-state index is -0.228. The maximum absolute atomic E-state index is 13.1. The molecule has 1 N–H and O–H groups in total. The average molecular weight is 345 g/mol. The Labute approximate surface area is 153 Å². The lowest BCUT2D eigenvalue weighted by Gasteiger charge is -2.25. The molecule has 26 heavy (non-hydrogen) atoms. The number of hydrogen-bond donors (Lipinski definition) is 1. The molecule has 1 heterocycles. The van der Waals surface area contributed by atoms with Gasteiger partial charge in [0.2, 0.25) is 0 Å². The summed E-state index contributed by atoms with van der Waals surface area (Å²) in [6.07, 6.45) is 5.37. The molecule has 1 aromatic heterocycles. The van der Waals surface area contributed by atoms with Gasteiger partial charge in [-0.15, -0.1) is 16.6 Å². The van der Waals surface area contributed by atoms with Crippen molar-refractivity contribution in [2.75, 3.05) is 11.9 Å². The molecule has 0 bridgehead atoms. The molecule has 0 saturated heterocycles. The van der Waals surface area contributed by atoms with Crippen LogP contribution < -0.4 is 5.32 Å². The summed E-state index contributed by atoms with van der Waals surface area (Å²) < 4.78 is 13.1. The maximum atomic E-state index is 13.1. The Morgan fingerprint density at radius 2 is 1.65 bits per heavy atom. The highest BCUT2D eigenvalue weighted by molar-refractivity contribution is 5.60. The molecule has 4 heteroatoms. The van der Waals surface area contributed by atoms with Crippen molar-refractivity contribution in [3.8, 4) is 23.6 Å². The Morgan fingerprint density at radius 3 is 2.23 bits per heavy atom. The molecule has 0 saturated carbocycles. The first kappa shape index (κ1) is 17.6. The molecule has 3 rings (SSSR count). The van der Waals surface area contributed by atoms with E-state index < -0.39 is 0 Å². The number of rotatable bonds is 5. The van der Waals surface area contributed by atoms with Crippen LogP contribution in [0.4, 0.5) is 10.2 Å². The van der Waals surface area contributed by atoms with Crippen molar-refractivity contribution in [2.45, 2.75) is 19.3 Å². The Balaban J connectivity index is 1.67. The van der Waals surface area contributed by atoms with Crippen LogP contribution in [-0.4, -0.2) is 16.7 Å². The second-order valence-electron chi connectivity index (χ2n) is 6.77. The number of hydrogen-bond acceptors (Lipinski definition) is 3. The van der Waals surface area contributed by atoms with Gasteiger partial charge in [-0.1, -0.05) is 44.0 Å². The first-order chi connectivity index (χ1) is 12.5. The van der Waals surface area contributed by atoms with Crippen molar-refractivity contribution >= 4 is 5.82 Å². The smallest absolute Gasteiger partial charge is 0.148 e. The number of halogens is 1. The monoisotopic (exact) mass is 345 g/mol. The number of benzene rings is 2. The van der Waals surface area contributed by atoms with Gasteiger partial charge >= 0.3 is 0 Å². The molecule has 0 aliphatic heterocycles. The van der Waals surface area contributed by atoms with Gasteiger partial charge in [0, 0.05) is 23.1 Å². The summed E-state index contributed by atoms with van der Waals surface area (Å²) in [5.41, 5.74) is 3.48. The zero-order valence-corrected chi connectivity index (χ0v) is 14.8. The van der Waals surface area contributed by atoms with Crippen LogP contribution in [0.5, 0.6) is 0 Å². The number of nitrogens with zero attached hydrogens (tertiary/aromatic N) is 2. The van der Waals surface area contributed by atoms with Crippen LogP contribution in [0, 0.1) is 18.2 Å². The zero-order valence-electron chi connectivity index (χ0n) is 14.8. The van der Waals surface area contributed by atoms with E-state index in [0.29, 0.717) is 12.4 Å². The van der Waals surface area contributed by atoms with E-state index >= 15 is 0 Å². The van der Waals surface area contributed by atoms with Crippen LogP contribution in [-0.2, 0) is 5.41 Å². The summed E-state index contributed by atoms with van der Waals surface area (Å²) in [4.78, 5) is 0. The van der Waals surface area contributed by atoms with Crippen LogP contribution in [0.1, 0.15) is 25.0 Å². The van der Waals surface area contributed by atoms with Crippen LogP contribution in [0.15, 0.2) is 60.7 Å². The van der Waals surface area contributed by atoms with Crippen LogP contribution >= 0.6 is 0 Å². The topological polar surface area (TPSA) is 37.8 Å². The molecule has 2 aromatic carbocycles. The van der Waals surface area contributed by atoms with Crippen molar-refractivity contribution in [2.24, 2.45) is 0 Å².